The Morgan fingerprint density at radius 3 is 2.78 bits per heavy atom. The minimum atomic E-state index is -4.15. The standard InChI is InChI=1S/C17H21N5O4S/c1-2-3-4-5-8-22-11-15(16(23)19-17(22)24)27(25,26)21-13-6-7-14-12(9-13)10-18-20-14/h6-7,9-11,21H,2-5,8H2,1H3,(H,18,20)(H,19,23,24). The lowest BCUT2D eigenvalue weighted by molar-refractivity contribution is 0.549. The zero-order chi connectivity index (χ0) is 19.4. The summed E-state index contributed by atoms with van der Waals surface area (Å²) in [5.41, 5.74) is -0.502. The highest BCUT2D eigenvalue weighted by molar-refractivity contribution is 7.92. The number of aromatic nitrogens is 4. The molecular formula is C17H21N5O4S. The van der Waals surface area contributed by atoms with Gasteiger partial charge in [-0.2, -0.15) is 5.10 Å². The number of rotatable bonds is 8. The maximum absolute atomic E-state index is 12.7. The summed E-state index contributed by atoms with van der Waals surface area (Å²) in [5.74, 6) is 0. The molecule has 0 atom stereocenters. The smallest absolute Gasteiger partial charge is 0.299 e. The Morgan fingerprint density at radius 2 is 2.00 bits per heavy atom. The Hall–Kier alpha value is -2.88. The number of H-pyrrole nitrogens is 2. The van der Waals surface area contributed by atoms with Gasteiger partial charge in [0.25, 0.3) is 15.6 Å². The fourth-order valence-corrected chi connectivity index (χ4v) is 3.88. The Morgan fingerprint density at radius 1 is 1.19 bits per heavy atom. The maximum Gasteiger partial charge on any atom is 0.328 e. The first-order valence-electron chi connectivity index (χ1n) is 8.70. The lowest BCUT2D eigenvalue weighted by atomic mass is 10.2. The van der Waals surface area contributed by atoms with Gasteiger partial charge < -0.3 is 0 Å². The van der Waals surface area contributed by atoms with Crippen LogP contribution < -0.4 is 16.0 Å². The zero-order valence-corrected chi connectivity index (χ0v) is 15.7. The van der Waals surface area contributed by atoms with E-state index >= 15 is 0 Å². The van der Waals surface area contributed by atoms with Gasteiger partial charge in [0.05, 0.1) is 11.7 Å². The molecule has 2 aromatic heterocycles. The molecule has 2 heterocycles. The van der Waals surface area contributed by atoms with Crippen molar-refractivity contribution in [1.29, 1.82) is 0 Å². The van der Waals surface area contributed by atoms with Crippen molar-refractivity contribution in [2.24, 2.45) is 0 Å². The lowest BCUT2D eigenvalue weighted by Gasteiger charge is -2.10. The molecule has 1 aromatic carbocycles. The van der Waals surface area contributed by atoms with Gasteiger partial charge in [0.2, 0.25) is 0 Å². The summed E-state index contributed by atoms with van der Waals surface area (Å²) in [5, 5.41) is 7.38. The molecule has 0 aliphatic heterocycles. The van der Waals surface area contributed by atoms with Crippen LogP contribution in [0.25, 0.3) is 10.9 Å². The number of anilines is 1. The number of nitrogens with zero attached hydrogens (tertiary/aromatic N) is 2. The number of sulfonamides is 1. The van der Waals surface area contributed by atoms with Crippen molar-refractivity contribution >= 4 is 26.6 Å². The molecule has 0 bridgehead atoms. The van der Waals surface area contributed by atoms with Gasteiger partial charge in [-0.1, -0.05) is 26.2 Å². The number of fused-ring (bicyclic) bond motifs is 1. The van der Waals surface area contributed by atoms with E-state index < -0.39 is 26.2 Å². The van der Waals surface area contributed by atoms with E-state index in [4.69, 9.17) is 0 Å². The van der Waals surface area contributed by atoms with Crippen molar-refractivity contribution < 1.29 is 8.42 Å². The molecule has 0 aliphatic rings. The van der Waals surface area contributed by atoms with E-state index in [0.29, 0.717) is 12.2 Å². The maximum atomic E-state index is 12.7. The summed E-state index contributed by atoms with van der Waals surface area (Å²) in [7, 11) is -4.15. The number of aromatic amines is 2. The van der Waals surface area contributed by atoms with Crippen LogP contribution in [0.4, 0.5) is 5.69 Å². The van der Waals surface area contributed by atoms with E-state index in [-0.39, 0.29) is 0 Å². The molecule has 27 heavy (non-hydrogen) atoms. The fourth-order valence-electron chi connectivity index (χ4n) is 2.77. The summed E-state index contributed by atoms with van der Waals surface area (Å²) in [4.78, 5) is 25.6. The van der Waals surface area contributed by atoms with Crippen molar-refractivity contribution in [2.75, 3.05) is 4.72 Å². The first kappa shape index (κ1) is 18.9. The van der Waals surface area contributed by atoms with Crippen LogP contribution in [0.2, 0.25) is 0 Å². The minimum absolute atomic E-state index is 0.295. The van der Waals surface area contributed by atoms with Crippen molar-refractivity contribution in [1.82, 2.24) is 19.7 Å². The molecule has 144 valence electrons. The molecule has 0 spiro atoms. The number of nitrogens with one attached hydrogen (secondary N) is 3. The van der Waals surface area contributed by atoms with Gasteiger partial charge in [0, 0.05) is 23.8 Å². The van der Waals surface area contributed by atoms with Gasteiger partial charge in [-0.15, -0.1) is 0 Å². The Balaban J connectivity index is 1.88. The highest BCUT2D eigenvalue weighted by Crippen LogP contribution is 2.19. The molecule has 9 nitrogen and oxygen atoms in total. The van der Waals surface area contributed by atoms with Crippen molar-refractivity contribution in [2.45, 2.75) is 44.0 Å². The molecule has 10 heteroatoms. The first-order chi connectivity index (χ1) is 12.9. The van der Waals surface area contributed by atoms with Gasteiger partial charge in [-0.05, 0) is 24.6 Å². The number of hydrogen-bond acceptors (Lipinski definition) is 5. The van der Waals surface area contributed by atoms with Crippen LogP contribution in [0.3, 0.4) is 0 Å². The van der Waals surface area contributed by atoms with Crippen LogP contribution in [0, 0.1) is 0 Å². The Kier molecular flexibility index (Phi) is 5.45. The third-order valence-electron chi connectivity index (χ3n) is 4.21. The average molecular weight is 391 g/mol. The van der Waals surface area contributed by atoms with Crippen LogP contribution >= 0.6 is 0 Å². The predicted molar refractivity (Wildman–Crippen MR) is 102 cm³/mol. The first-order valence-corrected chi connectivity index (χ1v) is 10.2. The second-order valence-electron chi connectivity index (χ2n) is 6.28. The second-order valence-corrected chi connectivity index (χ2v) is 7.94. The summed E-state index contributed by atoms with van der Waals surface area (Å²) < 4.78 is 28.9. The van der Waals surface area contributed by atoms with E-state index in [0.717, 1.165) is 42.8 Å². The third-order valence-corrected chi connectivity index (χ3v) is 5.59. The van der Waals surface area contributed by atoms with Crippen LogP contribution in [0.5, 0.6) is 0 Å². The van der Waals surface area contributed by atoms with Crippen LogP contribution in [-0.2, 0) is 16.6 Å². The fraction of sp³-hybridized carbons (Fsp3) is 0.353. The highest BCUT2D eigenvalue weighted by atomic mass is 32.2. The summed E-state index contributed by atoms with van der Waals surface area (Å²) >= 11 is 0. The molecular weight excluding hydrogens is 370 g/mol. The summed E-state index contributed by atoms with van der Waals surface area (Å²) in [6.07, 6.45) is 6.39. The number of unbranched alkanes of at least 4 members (excludes halogenated alkanes) is 3. The van der Waals surface area contributed by atoms with E-state index in [1.54, 1.807) is 24.4 Å². The molecule has 0 amide bonds. The normalized spacial score (nSPS) is 11.7. The van der Waals surface area contributed by atoms with Crippen LogP contribution in [0.1, 0.15) is 32.6 Å². The van der Waals surface area contributed by atoms with E-state index in [1.807, 2.05) is 0 Å². The number of aryl methyl sites for hydroxylation is 1. The summed E-state index contributed by atoms with van der Waals surface area (Å²) in [6.45, 7) is 2.42. The van der Waals surface area contributed by atoms with E-state index in [9.17, 15) is 18.0 Å². The Bertz CT molecular complexity index is 1160. The third kappa shape index (κ3) is 4.27. The molecule has 0 unspecified atom stereocenters. The molecule has 0 fully saturated rings. The monoisotopic (exact) mass is 391 g/mol. The van der Waals surface area contributed by atoms with E-state index in [2.05, 4.69) is 26.8 Å². The summed E-state index contributed by atoms with van der Waals surface area (Å²) in [6, 6.07) is 4.84. The molecule has 3 aromatic rings. The van der Waals surface area contributed by atoms with Gasteiger partial charge in [-0.3, -0.25) is 24.2 Å². The van der Waals surface area contributed by atoms with Gasteiger partial charge >= 0.3 is 5.69 Å². The van der Waals surface area contributed by atoms with Crippen molar-refractivity contribution in [3.63, 3.8) is 0 Å². The SMILES string of the molecule is CCCCCCn1cc(S(=O)(=O)Nc2ccc3[nH]ncc3c2)c(=O)[nH]c1=O. The quantitative estimate of drug-likeness (QED) is 0.504. The molecule has 0 saturated heterocycles. The molecule has 3 rings (SSSR count). The van der Waals surface area contributed by atoms with Gasteiger partial charge in [0.15, 0.2) is 4.90 Å². The van der Waals surface area contributed by atoms with E-state index in [1.165, 1.54) is 4.57 Å². The lowest BCUT2D eigenvalue weighted by Crippen LogP contribution is -2.34. The molecule has 0 radical (unpaired) electrons. The largest absolute Gasteiger partial charge is 0.328 e. The topological polar surface area (TPSA) is 130 Å². The predicted octanol–water partition coefficient (Wildman–Crippen LogP) is 1.79. The van der Waals surface area contributed by atoms with Gasteiger partial charge in [0.1, 0.15) is 0 Å². The molecule has 0 saturated carbocycles. The number of benzene rings is 1. The van der Waals surface area contributed by atoms with Gasteiger partial charge in [-0.25, -0.2) is 13.2 Å². The zero-order valence-electron chi connectivity index (χ0n) is 14.9. The van der Waals surface area contributed by atoms with Crippen LogP contribution in [-0.4, -0.2) is 28.2 Å². The Labute approximate surface area is 155 Å². The van der Waals surface area contributed by atoms with Crippen molar-refractivity contribution in [3.05, 3.63) is 51.4 Å². The molecule has 0 aliphatic carbocycles. The number of hydrogen-bond donors (Lipinski definition) is 3. The van der Waals surface area contributed by atoms with Crippen molar-refractivity contribution in [3.8, 4) is 0 Å². The molecule has 3 N–H and O–H groups in total. The van der Waals surface area contributed by atoms with Crippen LogP contribution in [0.15, 0.2) is 45.1 Å². The minimum Gasteiger partial charge on any atom is -0.299 e. The highest BCUT2D eigenvalue weighted by Gasteiger charge is 2.20. The second kappa shape index (κ2) is 7.78. The average Bonchev–Trinajstić information content (AvgIpc) is 3.07.